The predicted octanol–water partition coefficient (Wildman–Crippen LogP) is 10.2. The first-order valence-electron chi connectivity index (χ1n) is 18.9. The van der Waals surface area contributed by atoms with Crippen molar-refractivity contribution in [3.63, 3.8) is 0 Å². The molecule has 0 aliphatic carbocycles. The maximum absolute atomic E-state index is 12.3. The van der Waals surface area contributed by atoms with Crippen LogP contribution >= 0.6 is 0 Å². The average molecular weight is 632 g/mol. The van der Waals surface area contributed by atoms with Crippen LogP contribution in [0.2, 0.25) is 0 Å². The van der Waals surface area contributed by atoms with Crippen LogP contribution in [0, 0.1) is 0 Å². The smallest absolute Gasteiger partial charge is 0.220 e. The van der Waals surface area contributed by atoms with Crippen LogP contribution in [0.25, 0.3) is 0 Å². The van der Waals surface area contributed by atoms with Gasteiger partial charge in [0.05, 0.1) is 18.8 Å². The van der Waals surface area contributed by atoms with E-state index in [-0.39, 0.29) is 12.5 Å². The molecule has 3 atom stereocenters. The van der Waals surface area contributed by atoms with E-state index in [9.17, 15) is 20.1 Å². The highest BCUT2D eigenvalue weighted by Crippen LogP contribution is 2.13. The molecule has 0 aromatic rings. The van der Waals surface area contributed by atoms with Crippen molar-refractivity contribution in [3.8, 4) is 0 Å². The number of carbonyl (C=O) groups excluding carboxylic acids is 1. The van der Waals surface area contributed by atoms with Gasteiger partial charge < -0.3 is 20.6 Å². The number of unbranched alkanes of at least 4 members (excludes halogenated alkanes) is 18. The average Bonchev–Trinajstić information content (AvgIpc) is 3.04. The highest BCUT2D eigenvalue weighted by molar-refractivity contribution is 5.76. The molecule has 0 saturated carbocycles. The number of aliphatic hydroxyl groups excluding tert-OH is 3. The third kappa shape index (κ3) is 30.7. The van der Waals surface area contributed by atoms with Gasteiger partial charge in [-0.2, -0.15) is 0 Å². The van der Waals surface area contributed by atoms with Crippen LogP contribution in [0.5, 0.6) is 0 Å². The lowest BCUT2D eigenvalue weighted by Gasteiger charge is -2.26. The summed E-state index contributed by atoms with van der Waals surface area (Å²) in [4.78, 5) is 12.3. The highest BCUT2D eigenvalue weighted by Gasteiger charge is 2.26. The number of nitrogens with one attached hydrogen (secondary N) is 1. The molecule has 0 aromatic heterocycles. The maximum Gasteiger partial charge on any atom is 0.220 e. The molecule has 0 radical (unpaired) electrons. The fraction of sp³-hybridized carbons (Fsp3) is 0.775. The molecule has 1 amide bonds. The molecule has 0 aromatic carbocycles. The first-order chi connectivity index (χ1) is 22.1. The van der Waals surface area contributed by atoms with E-state index in [1.165, 1.54) is 89.9 Å². The molecule has 0 heterocycles. The maximum atomic E-state index is 12.3. The van der Waals surface area contributed by atoms with E-state index >= 15 is 0 Å². The van der Waals surface area contributed by atoms with Gasteiger partial charge in [0.2, 0.25) is 5.91 Å². The molecule has 0 fully saturated rings. The van der Waals surface area contributed by atoms with Gasteiger partial charge in [-0.15, -0.1) is 0 Å². The predicted molar refractivity (Wildman–Crippen MR) is 194 cm³/mol. The molecule has 0 saturated heterocycles. The molecule has 262 valence electrons. The lowest BCUT2D eigenvalue weighted by atomic mass is 10.0. The number of carbonyl (C=O) groups is 1. The Bertz CT molecular complexity index is 745. The first kappa shape index (κ1) is 43.3. The third-order valence-corrected chi connectivity index (χ3v) is 8.48. The van der Waals surface area contributed by atoms with Gasteiger partial charge >= 0.3 is 0 Å². The summed E-state index contributed by atoms with van der Waals surface area (Å²) in [6, 6.07) is -0.835. The number of allylic oxidation sites excluding steroid dienone is 8. The SMILES string of the molecule is C/C=C/CC/C=C/CCCC(O)C(O)C(CO)NC(=O)CCCCCCCCC/C=C\C/C=C\CCCCCCCCCCC. The standard InChI is InChI=1S/C40H73NO4/c1-3-5-7-9-11-13-14-15-16-17-18-19-20-21-22-23-24-25-26-27-29-31-33-35-39(44)41-37(36-42)40(45)38(43)34-32-30-28-12-10-8-6-4-2/h4,6,12,18-19,21-22,28,37-38,40,42-43,45H,3,5,7-11,13-17,20,23-27,29-36H2,1-2H3,(H,41,44)/b6-4+,19-18-,22-21-,28-12+. The minimum Gasteiger partial charge on any atom is -0.394 e. The van der Waals surface area contributed by atoms with Gasteiger partial charge in [-0.3, -0.25) is 4.79 Å². The summed E-state index contributed by atoms with van der Waals surface area (Å²) >= 11 is 0. The summed E-state index contributed by atoms with van der Waals surface area (Å²) < 4.78 is 0. The van der Waals surface area contributed by atoms with Crippen LogP contribution in [0.4, 0.5) is 0 Å². The van der Waals surface area contributed by atoms with Crippen LogP contribution in [0.3, 0.4) is 0 Å². The van der Waals surface area contributed by atoms with Gasteiger partial charge in [-0.05, 0) is 77.6 Å². The molecule has 0 aliphatic heterocycles. The Kier molecular flexibility index (Phi) is 33.8. The number of rotatable bonds is 33. The van der Waals surface area contributed by atoms with Crippen LogP contribution in [-0.2, 0) is 4.79 Å². The van der Waals surface area contributed by atoms with Crippen LogP contribution in [0.15, 0.2) is 48.6 Å². The summed E-state index contributed by atoms with van der Waals surface area (Å²) in [6.07, 6.45) is 43.8. The van der Waals surface area contributed by atoms with Crippen molar-refractivity contribution in [1.82, 2.24) is 5.32 Å². The highest BCUT2D eigenvalue weighted by atomic mass is 16.3. The van der Waals surface area contributed by atoms with E-state index in [2.05, 4.69) is 54.8 Å². The van der Waals surface area contributed by atoms with Crippen molar-refractivity contribution in [1.29, 1.82) is 0 Å². The minimum absolute atomic E-state index is 0.172. The topological polar surface area (TPSA) is 89.8 Å². The monoisotopic (exact) mass is 632 g/mol. The zero-order valence-corrected chi connectivity index (χ0v) is 29.5. The van der Waals surface area contributed by atoms with Gasteiger partial charge in [0.25, 0.3) is 0 Å². The summed E-state index contributed by atoms with van der Waals surface area (Å²) in [6.45, 7) is 3.90. The van der Waals surface area contributed by atoms with Crippen molar-refractivity contribution >= 4 is 5.91 Å². The summed E-state index contributed by atoms with van der Waals surface area (Å²) in [5.74, 6) is -0.172. The zero-order chi connectivity index (χ0) is 33.1. The van der Waals surface area contributed by atoms with E-state index in [0.717, 1.165) is 57.8 Å². The fourth-order valence-electron chi connectivity index (χ4n) is 5.51. The van der Waals surface area contributed by atoms with Crippen molar-refractivity contribution < 1.29 is 20.1 Å². The van der Waals surface area contributed by atoms with E-state index in [0.29, 0.717) is 12.8 Å². The van der Waals surface area contributed by atoms with E-state index in [1.54, 1.807) is 0 Å². The number of amides is 1. The molecule has 0 aliphatic rings. The molecule has 5 nitrogen and oxygen atoms in total. The largest absolute Gasteiger partial charge is 0.394 e. The second kappa shape index (κ2) is 35.2. The minimum atomic E-state index is -1.17. The van der Waals surface area contributed by atoms with E-state index in [4.69, 9.17) is 0 Å². The Morgan fingerprint density at radius 1 is 0.600 bits per heavy atom. The molecular weight excluding hydrogens is 558 g/mol. The van der Waals surface area contributed by atoms with Crippen molar-refractivity contribution in [3.05, 3.63) is 48.6 Å². The van der Waals surface area contributed by atoms with E-state index in [1.807, 2.05) is 13.0 Å². The molecule has 5 heteroatoms. The molecule has 45 heavy (non-hydrogen) atoms. The number of aliphatic hydroxyl groups is 3. The fourth-order valence-corrected chi connectivity index (χ4v) is 5.51. The van der Waals surface area contributed by atoms with Gasteiger partial charge in [-0.1, -0.05) is 139 Å². The third-order valence-electron chi connectivity index (χ3n) is 8.48. The number of hydrogen-bond donors (Lipinski definition) is 4. The molecule has 4 N–H and O–H groups in total. The van der Waals surface area contributed by atoms with Gasteiger partial charge in [0.15, 0.2) is 0 Å². The summed E-state index contributed by atoms with van der Waals surface area (Å²) in [5, 5.41) is 33.1. The van der Waals surface area contributed by atoms with Crippen LogP contribution < -0.4 is 5.32 Å². The van der Waals surface area contributed by atoms with Crippen molar-refractivity contribution in [2.24, 2.45) is 0 Å². The second-order valence-corrected chi connectivity index (χ2v) is 12.8. The molecular formula is C40H73NO4. The van der Waals surface area contributed by atoms with Gasteiger partial charge in [-0.25, -0.2) is 0 Å². The molecule has 0 rings (SSSR count). The lowest BCUT2D eigenvalue weighted by molar-refractivity contribution is -0.124. The van der Waals surface area contributed by atoms with Crippen LogP contribution in [0.1, 0.15) is 174 Å². The Morgan fingerprint density at radius 2 is 1.07 bits per heavy atom. The Labute approximate surface area is 278 Å². The Hall–Kier alpha value is -1.69. The van der Waals surface area contributed by atoms with E-state index < -0.39 is 18.2 Å². The normalized spacial score (nSPS) is 14.3. The summed E-state index contributed by atoms with van der Waals surface area (Å²) in [7, 11) is 0. The number of hydrogen-bond acceptors (Lipinski definition) is 4. The van der Waals surface area contributed by atoms with Crippen LogP contribution in [-0.4, -0.2) is 46.1 Å². The summed E-state index contributed by atoms with van der Waals surface area (Å²) in [5.41, 5.74) is 0. The van der Waals surface area contributed by atoms with Crippen molar-refractivity contribution in [2.75, 3.05) is 6.61 Å². The van der Waals surface area contributed by atoms with Gasteiger partial charge in [0, 0.05) is 6.42 Å². The molecule has 0 spiro atoms. The first-order valence-corrected chi connectivity index (χ1v) is 18.9. The Balaban J connectivity index is 3.66. The second-order valence-electron chi connectivity index (χ2n) is 12.8. The van der Waals surface area contributed by atoms with Crippen molar-refractivity contribution in [2.45, 2.75) is 193 Å². The zero-order valence-electron chi connectivity index (χ0n) is 29.5. The quantitative estimate of drug-likeness (QED) is 0.0429. The Morgan fingerprint density at radius 3 is 1.62 bits per heavy atom. The molecule has 0 bridgehead atoms. The lowest BCUT2D eigenvalue weighted by Crippen LogP contribution is -2.50. The van der Waals surface area contributed by atoms with Gasteiger partial charge in [0.1, 0.15) is 6.10 Å². The molecule has 3 unspecified atom stereocenters.